The van der Waals surface area contributed by atoms with Crippen molar-refractivity contribution in [2.75, 3.05) is 19.5 Å². The monoisotopic (exact) mass is 836 g/mol. The minimum Gasteiger partial charge on any atom is -0.480 e. The predicted octanol–water partition coefficient (Wildman–Crippen LogP) is 7.56. The number of esters is 1. The number of carboxylic acid groups (broad SMARTS) is 1. The highest BCUT2D eigenvalue weighted by Gasteiger charge is 2.36. The molecule has 2 unspecified atom stereocenters. The number of methoxy groups -OCH3 is 1. The van der Waals surface area contributed by atoms with Gasteiger partial charge in [0.25, 0.3) is 0 Å². The summed E-state index contributed by atoms with van der Waals surface area (Å²) in [5.41, 5.74) is 1.52. The molecule has 0 radical (unpaired) electrons. The van der Waals surface area contributed by atoms with Crippen molar-refractivity contribution in [3.05, 3.63) is 101 Å². The molecule has 1 saturated carbocycles. The maximum absolute atomic E-state index is 13.5. The topological polar surface area (TPSA) is 180 Å². The zero-order valence-electron chi connectivity index (χ0n) is 36.0. The number of aliphatic carboxylic acids is 1. The fraction of sp³-hybridized carbons (Fsp3) is 0.478. The van der Waals surface area contributed by atoms with Crippen LogP contribution in [0.15, 0.2) is 85.0 Å². The van der Waals surface area contributed by atoms with Gasteiger partial charge < -0.3 is 35.9 Å². The number of likely N-dealkylation sites (N-methyl/N-ethyl adjacent to an activating group) is 1. The standard InChI is InChI=1S/C37H44ClN3O6.C5H11NO2.C4H10/c1-4-10-26(11-5-2)23-33(43)40-31(24-28-12-6-7-13-30(28)38)35(45)39-29-16-14-27(15-17-29)22-32(36(46)47-3)41-34(44)25-37(20-21-42)18-8-9-19-37;1-5(2,6-3)4(7)8;1-4(2)3/h4-7,10-17,21,31-32H,1,8-9,18-20,22-25H2,2-3H3,(H,39,45)(H,40,43)(H,41,44);6H,1-3H3,(H,7,8);4H,1-3H3/b11-5-,26-10+;;. The van der Waals surface area contributed by atoms with E-state index in [0.717, 1.165) is 49.0 Å². The molecule has 3 rings (SSSR count). The number of carboxylic acids is 1. The molecule has 0 aromatic heterocycles. The molecule has 0 heterocycles. The molecule has 2 aromatic carbocycles. The number of halogens is 1. The molecule has 12 nitrogen and oxygen atoms in total. The van der Waals surface area contributed by atoms with Crippen molar-refractivity contribution in [2.24, 2.45) is 11.3 Å². The molecule has 5 N–H and O–H groups in total. The normalized spacial score (nSPS) is 14.4. The Morgan fingerprint density at radius 3 is 2.03 bits per heavy atom. The summed E-state index contributed by atoms with van der Waals surface area (Å²) >= 11 is 6.38. The molecule has 2 aromatic rings. The molecule has 0 spiro atoms. The zero-order valence-corrected chi connectivity index (χ0v) is 36.7. The number of allylic oxidation sites excluding steroid dienone is 4. The second kappa shape index (κ2) is 26.8. The van der Waals surface area contributed by atoms with E-state index in [9.17, 15) is 28.8 Å². The number of benzene rings is 2. The van der Waals surface area contributed by atoms with Crippen LogP contribution in [0, 0.1) is 11.3 Å². The van der Waals surface area contributed by atoms with Gasteiger partial charge in [0.1, 0.15) is 23.9 Å². The third kappa shape index (κ3) is 20.0. The van der Waals surface area contributed by atoms with Crippen LogP contribution in [-0.2, 0) is 46.3 Å². The average molecular weight is 837 g/mol. The van der Waals surface area contributed by atoms with E-state index in [1.54, 1.807) is 75.5 Å². The molecule has 3 amide bonds. The van der Waals surface area contributed by atoms with Crippen molar-refractivity contribution in [1.82, 2.24) is 16.0 Å². The fourth-order valence-electron chi connectivity index (χ4n) is 6.04. The van der Waals surface area contributed by atoms with E-state index in [2.05, 4.69) is 48.6 Å². The SMILES string of the molecule is C=C/C=C(\C=C/C)CC(=O)NC(Cc1ccccc1Cl)C(=O)Nc1ccc(CC(NC(=O)CC2(CC=O)CCCC2)C(=O)OC)cc1.CC(C)C.CNC(C)(C)C(=O)O. The summed E-state index contributed by atoms with van der Waals surface area (Å²) < 4.78 is 4.95. The number of hydrogen-bond acceptors (Lipinski definition) is 8. The van der Waals surface area contributed by atoms with Crippen molar-refractivity contribution >= 4 is 53.2 Å². The number of rotatable bonds is 19. The highest BCUT2D eigenvalue weighted by molar-refractivity contribution is 6.31. The molecule has 324 valence electrons. The number of ether oxygens (including phenoxy) is 1. The van der Waals surface area contributed by atoms with E-state index in [1.807, 2.05) is 25.1 Å². The summed E-state index contributed by atoms with van der Waals surface area (Å²) in [6.07, 6.45) is 12.3. The second-order valence-electron chi connectivity index (χ2n) is 15.8. The van der Waals surface area contributed by atoms with Gasteiger partial charge in [0.05, 0.1) is 13.5 Å². The molecule has 59 heavy (non-hydrogen) atoms. The molecule has 2 atom stereocenters. The van der Waals surface area contributed by atoms with Gasteiger partial charge in [-0.25, -0.2) is 4.79 Å². The average Bonchev–Trinajstić information content (AvgIpc) is 3.63. The van der Waals surface area contributed by atoms with Crippen molar-refractivity contribution in [3.63, 3.8) is 0 Å². The number of hydrogen-bond donors (Lipinski definition) is 5. The smallest absolute Gasteiger partial charge is 0.328 e. The number of carbonyl (C=O) groups excluding carboxylic acids is 5. The van der Waals surface area contributed by atoms with E-state index >= 15 is 0 Å². The van der Waals surface area contributed by atoms with Gasteiger partial charge in [0.2, 0.25) is 17.7 Å². The molecule has 13 heteroatoms. The lowest BCUT2D eigenvalue weighted by Crippen LogP contribution is -2.45. The highest BCUT2D eigenvalue weighted by Crippen LogP contribution is 2.43. The van der Waals surface area contributed by atoms with Crippen LogP contribution in [0.5, 0.6) is 0 Å². The Kier molecular flexibility index (Phi) is 23.6. The highest BCUT2D eigenvalue weighted by atomic mass is 35.5. The molecule has 1 aliphatic rings. The van der Waals surface area contributed by atoms with Crippen LogP contribution in [-0.4, -0.2) is 72.8 Å². The molecule has 0 saturated heterocycles. The largest absolute Gasteiger partial charge is 0.480 e. The summed E-state index contributed by atoms with van der Waals surface area (Å²) in [4.78, 5) is 73.4. The van der Waals surface area contributed by atoms with Gasteiger partial charge in [0.15, 0.2) is 0 Å². The first-order valence-electron chi connectivity index (χ1n) is 20.0. The Hall–Kier alpha value is -5.07. The first-order chi connectivity index (χ1) is 27.8. The van der Waals surface area contributed by atoms with E-state index in [4.69, 9.17) is 21.4 Å². The first-order valence-corrected chi connectivity index (χ1v) is 20.3. The Morgan fingerprint density at radius 2 is 1.54 bits per heavy atom. The van der Waals surface area contributed by atoms with Gasteiger partial charge in [-0.1, -0.05) is 106 Å². The van der Waals surface area contributed by atoms with Crippen molar-refractivity contribution < 1.29 is 38.6 Å². The zero-order chi connectivity index (χ0) is 44.6. The quantitative estimate of drug-likeness (QED) is 0.0543. The molecular formula is C46H65ClN4O8. The van der Waals surface area contributed by atoms with Crippen LogP contribution in [0.25, 0.3) is 0 Å². The summed E-state index contributed by atoms with van der Waals surface area (Å²) in [5, 5.41) is 20.0. The molecular weight excluding hydrogens is 772 g/mol. The van der Waals surface area contributed by atoms with Gasteiger partial charge in [-0.2, -0.15) is 0 Å². The van der Waals surface area contributed by atoms with Gasteiger partial charge in [0, 0.05) is 36.4 Å². The van der Waals surface area contributed by atoms with Crippen LogP contribution in [0.3, 0.4) is 0 Å². The van der Waals surface area contributed by atoms with Gasteiger partial charge in [-0.15, -0.1) is 0 Å². The number of carbonyl (C=O) groups is 6. The molecule has 1 fully saturated rings. The van der Waals surface area contributed by atoms with E-state index in [-0.39, 0.29) is 42.9 Å². The number of amides is 3. The minimum absolute atomic E-state index is 0.0628. The lowest BCUT2D eigenvalue weighted by molar-refractivity contribution is -0.145. The predicted molar refractivity (Wildman–Crippen MR) is 235 cm³/mol. The van der Waals surface area contributed by atoms with Crippen LogP contribution >= 0.6 is 11.6 Å². The van der Waals surface area contributed by atoms with Crippen molar-refractivity contribution in [3.8, 4) is 0 Å². The van der Waals surface area contributed by atoms with Crippen molar-refractivity contribution in [2.45, 2.75) is 117 Å². The lowest BCUT2D eigenvalue weighted by Gasteiger charge is -2.27. The number of aldehydes is 1. The second-order valence-corrected chi connectivity index (χ2v) is 16.2. The Morgan fingerprint density at radius 1 is 0.949 bits per heavy atom. The van der Waals surface area contributed by atoms with Gasteiger partial charge in [-0.3, -0.25) is 19.2 Å². The summed E-state index contributed by atoms with van der Waals surface area (Å²) in [7, 11) is 2.88. The van der Waals surface area contributed by atoms with Crippen LogP contribution in [0.4, 0.5) is 5.69 Å². The summed E-state index contributed by atoms with van der Waals surface area (Å²) in [6, 6.07) is 12.2. The van der Waals surface area contributed by atoms with E-state index < -0.39 is 35.5 Å². The third-order valence-corrected chi connectivity index (χ3v) is 9.84. The molecule has 1 aliphatic carbocycles. The van der Waals surface area contributed by atoms with Crippen LogP contribution < -0.4 is 21.3 Å². The number of anilines is 1. The van der Waals surface area contributed by atoms with E-state index in [1.165, 1.54) is 7.11 Å². The lowest BCUT2D eigenvalue weighted by atomic mass is 9.79. The Labute approximate surface area is 355 Å². The maximum atomic E-state index is 13.5. The summed E-state index contributed by atoms with van der Waals surface area (Å²) in [5.74, 6) is -1.63. The Balaban J connectivity index is 0.00000126. The van der Waals surface area contributed by atoms with E-state index in [0.29, 0.717) is 22.7 Å². The third-order valence-electron chi connectivity index (χ3n) is 9.47. The fourth-order valence-corrected chi connectivity index (χ4v) is 6.25. The summed E-state index contributed by atoms with van der Waals surface area (Å²) in [6.45, 7) is 15.3. The van der Waals surface area contributed by atoms with Gasteiger partial charge >= 0.3 is 11.9 Å². The first kappa shape index (κ1) is 51.9. The Bertz CT molecular complexity index is 1740. The maximum Gasteiger partial charge on any atom is 0.328 e. The van der Waals surface area contributed by atoms with Crippen molar-refractivity contribution in [1.29, 1.82) is 0 Å². The van der Waals surface area contributed by atoms with Gasteiger partial charge in [-0.05, 0) is 86.9 Å². The molecule has 0 aliphatic heterocycles. The number of nitrogens with one attached hydrogen (secondary N) is 4. The molecule has 0 bridgehead atoms. The van der Waals surface area contributed by atoms with Crippen LogP contribution in [0.2, 0.25) is 5.02 Å². The minimum atomic E-state index is -0.918. The van der Waals surface area contributed by atoms with Crippen LogP contribution in [0.1, 0.15) is 97.6 Å².